The Morgan fingerprint density at radius 1 is 1.08 bits per heavy atom. The van der Waals surface area contributed by atoms with Crippen molar-refractivity contribution < 1.29 is 18.8 Å². The Hall–Kier alpha value is -3.84. The van der Waals surface area contributed by atoms with Crippen LogP contribution in [0.3, 0.4) is 0 Å². The Morgan fingerprint density at radius 3 is 2.46 bits per heavy atom. The zero-order valence-electron chi connectivity index (χ0n) is 20.9. The second-order valence-electron chi connectivity index (χ2n) is 9.19. The highest BCUT2D eigenvalue weighted by Gasteiger charge is 2.26. The number of nitrogens with zero attached hydrogens (tertiary/aromatic N) is 5. The van der Waals surface area contributed by atoms with E-state index >= 15 is 0 Å². The lowest BCUT2D eigenvalue weighted by Gasteiger charge is -2.27. The smallest absolute Gasteiger partial charge is 0.200 e. The molecular formula is C28H28N5O3S+. The van der Waals surface area contributed by atoms with Crippen molar-refractivity contribution in [3.05, 3.63) is 71.9 Å². The molecule has 0 spiro atoms. The number of ether oxygens (including phenoxy) is 2. The predicted octanol–water partition coefficient (Wildman–Crippen LogP) is 6.10. The van der Waals surface area contributed by atoms with Crippen LogP contribution in [-0.2, 0) is 6.42 Å². The molecule has 0 amide bonds. The third-order valence-corrected chi connectivity index (χ3v) is 6.57. The topological polar surface area (TPSA) is 91.5 Å². The number of fused-ring (bicyclic) bond motifs is 1. The molecule has 0 saturated heterocycles. The molecule has 1 aromatic heterocycles. The summed E-state index contributed by atoms with van der Waals surface area (Å²) < 4.78 is 11.4. The van der Waals surface area contributed by atoms with Crippen LogP contribution in [0.5, 0.6) is 17.2 Å². The Labute approximate surface area is 221 Å². The summed E-state index contributed by atoms with van der Waals surface area (Å²) in [5.74, 6) is 2.48. The summed E-state index contributed by atoms with van der Waals surface area (Å²) in [6.45, 7) is 2.05. The lowest BCUT2D eigenvalue weighted by Crippen LogP contribution is -2.46. The molecule has 5 rings (SSSR count). The molecule has 1 N–H and O–H groups in total. The van der Waals surface area contributed by atoms with Crippen molar-refractivity contribution >= 4 is 29.7 Å². The Balaban J connectivity index is 1.35. The molecule has 1 saturated carbocycles. The summed E-state index contributed by atoms with van der Waals surface area (Å²) in [6.07, 6.45) is 4.67. The highest BCUT2D eigenvalue weighted by Crippen LogP contribution is 2.36. The van der Waals surface area contributed by atoms with E-state index in [2.05, 4.69) is 28.9 Å². The molecule has 1 aliphatic rings. The van der Waals surface area contributed by atoms with Gasteiger partial charge in [-0.2, -0.15) is 15.5 Å². The number of nitriles is 1. The van der Waals surface area contributed by atoms with Crippen LogP contribution >= 0.6 is 12.8 Å². The molecule has 1 atom stereocenters. The summed E-state index contributed by atoms with van der Waals surface area (Å²) in [5.41, 5.74) is 4.93. The lowest BCUT2D eigenvalue weighted by atomic mass is 10.0. The van der Waals surface area contributed by atoms with Crippen LogP contribution in [0.1, 0.15) is 30.9 Å². The number of aromatic nitrogens is 2. The van der Waals surface area contributed by atoms with Crippen LogP contribution < -0.4 is 14.5 Å². The van der Waals surface area contributed by atoms with Crippen molar-refractivity contribution in [3.8, 4) is 34.4 Å². The molecule has 1 heterocycles. The third kappa shape index (κ3) is 5.47. The zero-order chi connectivity index (χ0) is 26.2. The fourth-order valence-corrected chi connectivity index (χ4v) is 4.03. The van der Waals surface area contributed by atoms with E-state index in [4.69, 9.17) is 9.47 Å². The SMILES string of the molecule is CCc1cc(Oc2ccc(-c3ccc4nc(N(C)[N+](C)(O)S)cnc4c3)cc2)cc(C#N)c1OC1CC1. The van der Waals surface area contributed by atoms with Crippen LogP contribution in [0.25, 0.3) is 22.2 Å². The number of thiol groups is 1. The average Bonchev–Trinajstić information content (AvgIpc) is 3.72. The first kappa shape index (κ1) is 24.8. The molecule has 0 bridgehead atoms. The zero-order valence-corrected chi connectivity index (χ0v) is 21.8. The fraction of sp³-hybridized carbons (Fsp3) is 0.250. The van der Waals surface area contributed by atoms with Gasteiger partial charge in [-0.3, -0.25) is 4.98 Å². The standard InChI is InChI=1S/C28H28N5O3S/c1-4-18-13-24(14-21(16-29)28(18)36-23-10-11-23)35-22-8-5-19(6-9-22)20-7-12-25-26(15-20)30-17-27(31-25)32(2)33(3,34)37/h5-9,12-15,17,23,34,37H,4,10-11H2,1-3H3/q+1. The van der Waals surface area contributed by atoms with E-state index in [0.29, 0.717) is 34.1 Å². The Bertz CT molecular complexity index is 1490. The second kappa shape index (κ2) is 9.90. The van der Waals surface area contributed by atoms with Gasteiger partial charge in [0.15, 0.2) is 5.82 Å². The highest BCUT2D eigenvalue weighted by molar-refractivity contribution is 7.74. The van der Waals surface area contributed by atoms with Gasteiger partial charge >= 0.3 is 0 Å². The van der Waals surface area contributed by atoms with Gasteiger partial charge in [0, 0.05) is 6.07 Å². The van der Waals surface area contributed by atoms with Crippen molar-refractivity contribution in [1.29, 1.82) is 5.26 Å². The molecule has 1 aliphatic carbocycles. The lowest BCUT2D eigenvalue weighted by molar-refractivity contribution is -0.979. The molecule has 4 aromatic rings. The van der Waals surface area contributed by atoms with E-state index in [1.165, 1.54) is 12.1 Å². The molecular weight excluding hydrogens is 486 g/mol. The maximum atomic E-state index is 10.0. The number of hydroxylamine groups is 1. The molecule has 37 heavy (non-hydrogen) atoms. The Kier molecular flexibility index (Phi) is 6.65. The number of benzene rings is 3. The minimum Gasteiger partial charge on any atom is -0.489 e. The van der Waals surface area contributed by atoms with E-state index in [-0.39, 0.29) is 6.10 Å². The van der Waals surface area contributed by atoms with Crippen LogP contribution in [0, 0.1) is 11.3 Å². The van der Waals surface area contributed by atoms with Gasteiger partial charge < -0.3 is 9.47 Å². The number of hydrogen-bond donors (Lipinski definition) is 2. The van der Waals surface area contributed by atoms with Gasteiger partial charge in [0.2, 0.25) is 0 Å². The van der Waals surface area contributed by atoms with Gasteiger partial charge in [-0.05, 0) is 70.4 Å². The number of hydrogen-bond acceptors (Lipinski definition) is 8. The maximum absolute atomic E-state index is 10.0. The van der Waals surface area contributed by atoms with Crippen molar-refractivity contribution in [1.82, 2.24) is 9.97 Å². The normalized spacial score (nSPS) is 14.6. The monoisotopic (exact) mass is 514 g/mol. The number of rotatable bonds is 8. The van der Waals surface area contributed by atoms with Crippen LogP contribution in [0.4, 0.5) is 5.82 Å². The first-order chi connectivity index (χ1) is 17.7. The second-order valence-corrected chi connectivity index (χ2v) is 9.95. The van der Waals surface area contributed by atoms with E-state index in [9.17, 15) is 10.5 Å². The van der Waals surface area contributed by atoms with Gasteiger partial charge in [-0.15, -0.1) is 0 Å². The fourth-order valence-electron chi connectivity index (χ4n) is 3.94. The molecule has 3 aromatic carbocycles. The Morgan fingerprint density at radius 2 is 1.81 bits per heavy atom. The van der Waals surface area contributed by atoms with E-state index < -0.39 is 4.16 Å². The summed E-state index contributed by atoms with van der Waals surface area (Å²) in [6, 6.07) is 19.6. The van der Waals surface area contributed by atoms with Crippen molar-refractivity contribution in [3.63, 3.8) is 0 Å². The first-order valence-electron chi connectivity index (χ1n) is 12.1. The van der Waals surface area contributed by atoms with Gasteiger partial charge in [0.05, 0.1) is 35.9 Å². The van der Waals surface area contributed by atoms with Gasteiger partial charge in [0.1, 0.15) is 43.2 Å². The van der Waals surface area contributed by atoms with Gasteiger partial charge in [-0.25, -0.2) is 4.98 Å². The minimum absolute atomic E-state index is 0.227. The molecule has 0 radical (unpaired) electrons. The molecule has 8 nitrogen and oxygen atoms in total. The van der Waals surface area contributed by atoms with E-state index in [1.54, 1.807) is 19.3 Å². The van der Waals surface area contributed by atoms with E-state index in [0.717, 1.165) is 41.5 Å². The summed E-state index contributed by atoms with van der Waals surface area (Å²) in [7, 11) is 3.19. The molecule has 9 heteroatoms. The largest absolute Gasteiger partial charge is 0.489 e. The quantitative estimate of drug-likeness (QED) is 0.167. The molecule has 188 valence electrons. The maximum Gasteiger partial charge on any atom is 0.200 e. The number of aryl methyl sites for hydroxylation is 1. The van der Waals surface area contributed by atoms with Crippen LogP contribution in [0.15, 0.2) is 60.8 Å². The summed E-state index contributed by atoms with van der Waals surface area (Å²) >= 11 is 4.12. The summed E-state index contributed by atoms with van der Waals surface area (Å²) in [4.78, 5) is 9.09. The third-order valence-electron chi connectivity index (χ3n) is 6.30. The van der Waals surface area contributed by atoms with Crippen LogP contribution in [0.2, 0.25) is 0 Å². The number of anilines is 1. The molecule has 1 unspecified atom stereocenters. The van der Waals surface area contributed by atoms with E-state index in [1.807, 2.05) is 55.5 Å². The number of quaternary nitrogens is 1. The van der Waals surface area contributed by atoms with Gasteiger partial charge in [0.25, 0.3) is 0 Å². The van der Waals surface area contributed by atoms with Crippen LogP contribution in [-0.4, -0.2) is 39.5 Å². The van der Waals surface area contributed by atoms with Gasteiger partial charge in [-0.1, -0.05) is 25.1 Å². The highest BCUT2D eigenvalue weighted by atomic mass is 32.1. The molecule has 1 fully saturated rings. The minimum atomic E-state index is -0.678. The van der Waals surface area contributed by atoms with Crippen molar-refractivity contribution in [2.75, 3.05) is 19.1 Å². The van der Waals surface area contributed by atoms with Crippen molar-refractivity contribution in [2.24, 2.45) is 0 Å². The van der Waals surface area contributed by atoms with Crippen molar-refractivity contribution in [2.45, 2.75) is 32.3 Å². The average molecular weight is 515 g/mol. The predicted molar refractivity (Wildman–Crippen MR) is 145 cm³/mol. The molecule has 0 aliphatic heterocycles. The summed E-state index contributed by atoms with van der Waals surface area (Å²) in [5, 5.41) is 21.2. The first-order valence-corrected chi connectivity index (χ1v) is 12.5.